The molecule has 2 rings (SSSR count). The Morgan fingerprint density at radius 3 is 2.46 bits per heavy atom. The standard InChI is InChI=1S/C19H25Cl2N3O3S/c1-11(2)9-15(22-17(25)27-19(3,4)5)16-23-24-18(26-16)28-10-12-13(20)7-6-8-14(12)21/h6-8,11,15H,9-10H2,1-5H3,(H,22,25)/t15-/m1/s1. The van der Waals surface area contributed by atoms with Crippen molar-refractivity contribution in [1.82, 2.24) is 15.5 Å². The average molecular weight is 446 g/mol. The van der Waals surface area contributed by atoms with E-state index in [2.05, 4.69) is 29.4 Å². The molecule has 0 bridgehead atoms. The van der Waals surface area contributed by atoms with Crippen molar-refractivity contribution < 1.29 is 13.9 Å². The molecule has 1 amide bonds. The van der Waals surface area contributed by atoms with Crippen molar-refractivity contribution in [3.05, 3.63) is 39.7 Å². The maximum atomic E-state index is 12.2. The number of hydrogen-bond acceptors (Lipinski definition) is 6. The van der Waals surface area contributed by atoms with Crippen molar-refractivity contribution in [3.63, 3.8) is 0 Å². The number of carbonyl (C=O) groups excluding carboxylic acids is 1. The highest BCUT2D eigenvalue weighted by molar-refractivity contribution is 7.98. The Bertz CT molecular complexity index is 786. The number of rotatable bonds is 7. The number of nitrogens with one attached hydrogen (secondary N) is 1. The molecule has 154 valence electrons. The number of amides is 1. The zero-order valence-corrected chi connectivity index (χ0v) is 18.9. The first-order chi connectivity index (χ1) is 13.0. The predicted molar refractivity (Wildman–Crippen MR) is 112 cm³/mol. The summed E-state index contributed by atoms with van der Waals surface area (Å²) in [5.74, 6) is 1.14. The van der Waals surface area contributed by atoms with Crippen molar-refractivity contribution in [2.45, 2.75) is 63.7 Å². The van der Waals surface area contributed by atoms with Crippen LogP contribution >= 0.6 is 35.0 Å². The zero-order chi connectivity index (χ0) is 20.9. The number of ether oxygens (including phenoxy) is 1. The van der Waals surface area contributed by atoms with Crippen LogP contribution in [-0.2, 0) is 10.5 Å². The first kappa shape index (κ1) is 22.8. The molecule has 28 heavy (non-hydrogen) atoms. The molecule has 0 spiro atoms. The second-order valence-electron chi connectivity index (χ2n) is 7.72. The molecule has 6 nitrogen and oxygen atoms in total. The summed E-state index contributed by atoms with van der Waals surface area (Å²) in [6.45, 7) is 9.53. The van der Waals surface area contributed by atoms with Gasteiger partial charge in [0.2, 0.25) is 5.89 Å². The van der Waals surface area contributed by atoms with Crippen molar-refractivity contribution in [2.75, 3.05) is 0 Å². The van der Waals surface area contributed by atoms with Crippen molar-refractivity contribution in [2.24, 2.45) is 5.92 Å². The monoisotopic (exact) mass is 445 g/mol. The number of nitrogens with zero attached hydrogens (tertiary/aromatic N) is 2. The van der Waals surface area contributed by atoms with Gasteiger partial charge in [0.1, 0.15) is 11.6 Å². The third-order valence-electron chi connectivity index (χ3n) is 3.52. The van der Waals surface area contributed by atoms with E-state index in [1.165, 1.54) is 11.8 Å². The van der Waals surface area contributed by atoms with Crippen LogP contribution in [0.15, 0.2) is 27.8 Å². The number of aromatic nitrogens is 2. The number of benzene rings is 1. The molecule has 1 atom stereocenters. The summed E-state index contributed by atoms with van der Waals surface area (Å²) in [5.41, 5.74) is 0.220. The molecule has 1 N–H and O–H groups in total. The lowest BCUT2D eigenvalue weighted by Crippen LogP contribution is -2.35. The number of thioether (sulfide) groups is 1. The minimum Gasteiger partial charge on any atom is -0.444 e. The molecule has 2 aromatic rings. The molecule has 0 aliphatic heterocycles. The second-order valence-corrected chi connectivity index (χ2v) is 9.46. The van der Waals surface area contributed by atoms with E-state index in [9.17, 15) is 4.79 Å². The van der Waals surface area contributed by atoms with Crippen molar-refractivity contribution in [1.29, 1.82) is 0 Å². The van der Waals surface area contributed by atoms with Crippen LogP contribution in [0.4, 0.5) is 4.79 Å². The fraction of sp³-hybridized carbons (Fsp3) is 0.526. The van der Waals surface area contributed by atoms with Crippen LogP contribution in [0.1, 0.15) is 58.5 Å². The van der Waals surface area contributed by atoms with Gasteiger partial charge in [0, 0.05) is 15.8 Å². The summed E-state index contributed by atoms with van der Waals surface area (Å²) >= 11 is 13.7. The Balaban J connectivity index is 2.07. The second kappa shape index (κ2) is 9.85. The van der Waals surface area contributed by atoms with E-state index in [0.29, 0.717) is 39.3 Å². The lowest BCUT2D eigenvalue weighted by atomic mass is 10.0. The Morgan fingerprint density at radius 1 is 1.25 bits per heavy atom. The quantitative estimate of drug-likeness (QED) is 0.505. The van der Waals surface area contributed by atoms with E-state index in [-0.39, 0.29) is 0 Å². The minimum absolute atomic E-state index is 0.310. The van der Waals surface area contributed by atoms with Gasteiger partial charge in [-0.05, 0) is 50.8 Å². The molecule has 0 fully saturated rings. The minimum atomic E-state index is -0.587. The van der Waals surface area contributed by atoms with Gasteiger partial charge in [0.15, 0.2) is 0 Å². The predicted octanol–water partition coefficient (Wildman–Crippen LogP) is 6.28. The van der Waals surface area contributed by atoms with Crippen molar-refractivity contribution >= 4 is 41.1 Å². The summed E-state index contributed by atoms with van der Waals surface area (Å²) in [7, 11) is 0. The molecule has 0 aliphatic carbocycles. The van der Waals surface area contributed by atoms with Crippen LogP contribution < -0.4 is 5.32 Å². The molecule has 1 heterocycles. The summed E-state index contributed by atoms with van der Waals surface area (Å²) in [5, 5.41) is 12.5. The molecule has 0 saturated carbocycles. The maximum Gasteiger partial charge on any atom is 0.408 e. The first-order valence-corrected chi connectivity index (χ1v) is 10.7. The molecule has 1 aromatic heterocycles. The number of carbonyl (C=O) groups is 1. The highest BCUT2D eigenvalue weighted by Crippen LogP contribution is 2.32. The smallest absolute Gasteiger partial charge is 0.408 e. The van der Waals surface area contributed by atoms with Crippen LogP contribution in [-0.4, -0.2) is 21.9 Å². The van der Waals surface area contributed by atoms with E-state index in [4.69, 9.17) is 32.4 Å². The van der Waals surface area contributed by atoms with Gasteiger partial charge in [-0.25, -0.2) is 4.79 Å². The van der Waals surface area contributed by atoms with E-state index < -0.39 is 17.7 Å². The summed E-state index contributed by atoms with van der Waals surface area (Å²) in [6, 6.07) is 4.93. The molecule has 0 unspecified atom stereocenters. The number of alkyl carbamates (subject to hydrolysis) is 1. The van der Waals surface area contributed by atoms with Gasteiger partial charge in [-0.3, -0.25) is 0 Å². The highest BCUT2D eigenvalue weighted by Gasteiger charge is 2.25. The lowest BCUT2D eigenvalue weighted by Gasteiger charge is -2.22. The molecular formula is C19H25Cl2N3O3S. The molecule has 0 radical (unpaired) electrons. The van der Waals surface area contributed by atoms with Crippen LogP contribution in [0, 0.1) is 5.92 Å². The van der Waals surface area contributed by atoms with Gasteiger partial charge < -0.3 is 14.5 Å². The Morgan fingerprint density at radius 2 is 1.89 bits per heavy atom. The maximum absolute atomic E-state index is 12.2. The van der Waals surface area contributed by atoms with E-state index >= 15 is 0 Å². The third kappa shape index (κ3) is 7.18. The van der Waals surface area contributed by atoms with Gasteiger partial charge >= 0.3 is 6.09 Å². The summed E-state index contributed by atoms with van der Waals surface area (Å²) < 4.78 is 11.1. The number of hydrogen-bond donors (Lipinski definition) is 1. The summed E-state index contributed by atoms with van der Waals surface area (Å²) in [6.07, 6.45) is 0.121. The third-order valence-corrected chi connectivity index (χ3v) is 5.07. The SMILES string of the molecule is CC(C)C[C@@H](NC(=O)OC(C)(C)C)c1nnc(SCc2c(Cl)cccc2Cl)o1. The van der Waals surface area contributed by atoms with Gasteiger partial charge in [-0.15, -0.1) is 10.2 Å². The number of halogens is 2. The van der Waals surface area contributed by atoms with Crippen LogP contribution in [0.3, 0.4) is 0 Å². The van der Waals surface area contributed by atoms with Gasteiger partial charge in [-0.2, -0.15) is 0 Å². The molecule has 9 heteroatoms. The Labute approximate surface area is 179 Å². The largest absolute Gasteiger partial charge is 0.444 e. The van der Waals surface area contributed by atoms with E-state index in [1.807, 2.05) is 20.8 Å². The van der Waals surface area contributed by atoms with Gasteiger partial charge in [0.25, 0.3) is 5.22 Å². The highest BCUT2D eigenvalue weighted by atomic mass is 35.5. The van der Waals surface area contributed by atoms with Gasteiger partial charge in [-0.1, -0.05) is 54.9 Å². The topological polar surface area (TPSA) is 77.2 Å². The molecule has 1 aromatic carbocycles. The van der Waals surface area contributed by atoms with Crippen molar-refractivity contribution in [3.8, 4) is 0 Å². The molecular weight excluding hydrogens is 421 g/mol. The fourth-order valence-corrected chi connectivity index (χ4v) is 3.88. The summed E-state index contributed by atoms with van der Waals surface area (Å²) in [4.78, 5) is 12.2. The van der Waals surface area contributed by atoms with E-state index in [1.54, 1.807) is 18.2 Å². The average Bonchev–Trinajstić information content (AvgIpc) is 3.00. The van der Waals surface area contributed by atoms with Crippen LogP contribution in [0.5, 0.6) is 0 Å². The Kier molecular flexibility index (Phi) is 8.04. The van der Waals surface area contributed by atoms with Crippen LogP contribution in [0.25, 0.3) is 0 Å². The first-order valence-electron chi connectivity index (χ1n) is 8.93. The van der Waals surface area contributed by atoms with Crippen LogP contribution in [0.2, 0.25) is 10.0 Å². The molecule has 0 aliphatic rings. The Hall–Kier alpha value is -1.44. The van der Waals surface area contributed by atoms with Gasteiger partial charge in [0.05, 0.1) is 0 Å². The van der Waals surface area contributed by atoms with E-state index in [0.717, 1.165) is 5.56 Å². The fourth-order valence-electron chi connectivity index (χ4n) is 2.37. The normalized spacial score (nSPS) is 12.9. The zero-order valence-electron chi connectivity index (χ0n) is 16.6. The molecule has 0 saturated heterocycles. The lowest BCUT2D eigenvalue weighted by molar-refractivity contribution is 0.0487.